The zero-order valence-electron chi connectivity index (χ0n) is 11.0. The zero-order chi connectivity index (χ0) is 13.3. The molecule has 0 fully saturated rings. The number of fused-ring (bicyclic) bond motifs is 1. The fraction of sp³-hybridized carbons (Fsp3) is 0.615. The lowest BCUT2D eigenvalue weighted by molar-refractivity contribution is 0.151. The predicted molar refractivity (Wildman–Crippen MR) is 69.0 cm³/mol. The van der Waals surface area contributed by atoms with E-state index in [1.165, 1.54) is 11.3 Å². The normalized spacial score (nSPS) is 21.4. The van der Waals surface area contributed by atoms with Gasteiger partial charge in [-0.25, -0.2) is 4.79 Å². The lowest BCUT2D eigenvalue weighted by atomic mass is 9.74. The van der Waals surface area contributed by atoms with Gasteiger partial charge in [-0.05, 0) is 29.9 Å². The SMILES string of the molecule is CC1(C)Cc2c(ccn2CCOC(N)=O)C(N)C1. The maximum Gasteiger partial charge on any atom is 0.404 e. The fourth-order valence-corrected chi connectivity index (χ4v) is 2.75. The second-order valence-electron chi connectivity index (χ2n) is 5.73. The molecule has 0 aromatic carbocycles. The van der Waals surface area contributed by atoms with Crippen LogP contribution in [0.4, 0.5) is 4.79 Å². The van der Waals surface area contributed by atoms with Crippen molar-refractivity contribution in [3.05, 3.63) is 23.5 Å². The van der Waals surface area contributed by atoms with Crippen LogP contribution in [0.15, 0.2) is 12.3 Å². The zero-order valence-corrected chi connectivity index (χ0v) is 11.0. The maximum atomic E-state index is 10.5. The number of nitrogens with two attached hydrogens (primary N) is 2. The molecule has 1 amide bonds. The smallest absolute Gasteiger partial charge is 0.404 e. The number of aromatic nitrogens is 1. The molecule has 0 saturated heterocycles. The third kappa shape index (κ3) is 2.67. The van der Waals surface area contributed by atoms with E-state index in [4.69, 9.17) is 16.2 Å². The molecule has 1 aliphatic carbocycles. The molecule has 0 saturated carbocycles. The minimum Gasteiger partial charge on any atom is -0.448 e. The van der Waals surface area contributed by atoms with E-state index in [2.05, 4.69) is 24.5 Å². The first-order valence-corrected chi connectivity index (χ1v) is 6.25. The van der Waals surface area contributed by atoms with Crippen LogP contribution in [0.3, 0.4) is 0 Å². The summed E-state index contributed by atoms with van der Waals surface area (Å²) in [6, 6.07) is 2.17. The molecule has 0 bridgehead atoms. The lowest BCUT2D eigenvalue weighted by Gasteiger charge is -2.34. The number of rotatable bonds is 3. The van der Waals surface area contributed by atoms with Gasteiger partial charge in [0.2, 0.25) is 0 Å². The molecule has 1 atom stereocenters. The van der Waals surface area contributed by atoms with Gasteiger partial charge in [-0.3, -0.25) is 0 Å². The number of amides is 1. The van der Waals surface area contributed by atoms with Gasteiger partial charge < -0.3 is 20.8 Å². The summed E-state index contributed by atoms with van der Waals surface area (Å²) in [5.74, 6) is 0. The van der Waals surface area contributed by atoms with Crippen LogP contribution in [-0.4, -0.2) is 17.3 Å². The Morgan fingerprint density at radius 2 is 2.33 bits per heavy atom. The van der Waals surface area contributed by atoms with Crippen molar-refractivity contribution in [1.29, 1.82) is 0 Å². The Bertz CT molecular complexity index is 451. The van der Waals surface area contributed by atoms with Crippen molar-refractivity contribution in [2.75, 3.05) is 6.61 Å². The molecule has 100 valence electrons. The molecule has 1 aromatic rings. The van der Waals surface area contributed by atoms with E-state index in [9.17, 15) is 4.79 Å². The topological polar surface area (TPSA) is 83.3 Å². The summed E-state index contributed by atoms with van der Waals surface area (Å²) in [6.45, 7) is 5.38. The molecule has 1 aromatic heterocycles. The van der Waals surface area contributed by atoms with Gasteiger partial charge in [0.1, 0.15) is 6.61 Å². The van der Waals surface area contributed by atoms with Crippen molar-refractivity contribution in [3.8, 4) is 0 Å². The number of carbonyl (C=O) groups excluding carboxylic acids is 1. The predicted octanol–water partition coefficient (Wildman–Crippen LogP) is 1.56. The van der Waals surface area contributed by atoms with Crippen molar-refractivity contribution in [2.24, 2.45) is 16.9 Å². The van der Waals surface area contributed by atoms with Crippen molar-refractivity contribution >= 4 is 6.09 Å². The van der Waals surface area contributed by atoms with E-state index >= 15 is 0 Å². The van der Waals surface area contributed by atoms with E-state index in [0.717, 1.165) is 12.8 Å². The molecule has 4 N–H and O–H groups in total. The average molecular weight is 251 g/mol. The minimum absolute atomic E-state index is 0.0991. The third-order valence-electron chi connectivity index (χ3n) is 3.51. The first kappa shape index (κ1) is 13.0. The van der Waals surface area contributed by atoms with Crippen LogP contribution >= 0.6 is 0 Å². The van der Waals surface area contributed by atoms with E-state index in [0.29, 0.717) is 13.2 Å². The first-order valence-electron chi connectivity index (χ1n) is 6.25. The van der Waals surface area contributed by atoms with Crippen LogP contribution in [0.25, 0.3) is 0 Å². The Morgan fingerprint density at radius 3 is 3.00 bits per heavy atom. The summed E-state index contributed by atoms with van der Waals surface area (Å²) in [7, 11) is 0. The lowest BCUT2D eigenvalue weighted by Crippen LogP contribution is -2.30. The Kier molecular flexibility index (Phi) is 3.34. The number of hydrogen-bond donors (Lipinski definition) is 2. The third-order valence-corrected chi connectivity index (χ3v) is 3.51. The van der Waals surface area contributed by atoms with Crippen molar-refractivity contribution < 1.29 is 9.53 Å². The van der Waals surface area contributed by atoms with Gasteiger partial charge in [-0.2, -0.15) is 0 Å². The highest BCUT2D eigenvalue weighted by molar-refractivity contribution is 5.64. The Morgan fingerprint density at radius 1 is 1.61 bits per heavy atom. The van der Waals surface area contributed by atoms with Crippen LogP contribution in [0, 0.1) is 5.41 Å². The molecule has 18 heavy (non-hydrogen) atoms. The van der Waals surface area contributed by atoms with E-state index in [-0.39, 0.29) is 11.5 Å². The van der Waals surface area contributed by atoms with Gasteiger partial charge >= 0.3 is 6.09 Å². The largest absolute Gasteiger partial charge is 0.448 e. The minimum atomic E-state index is -0.729. The van der Waals surface area contributed by atoms with Crippen molar-refractivity contribution in [3.63, 3.8) is 0 Å². The first-order chi connectivity index (χ1) is 8.39. The highest BCUT2D eigenvalue weighted by Crippen LogP contribution is 2.39. The number of hydrogen-bond acceptors (Lipinski definition) is 3. The molecular formula is C13H21N3O2. The summed E-state index contributed by atoms with van der Waals surface area (Å²) in [5, 5.41) is 0. The fourth-order valence-electron chi connectivity index (χ4n) is 2.75. The van der Waals surface area contributed by atoms with Crippen LogP contribution in [0.2, 0.25) is 0 Å². The van der Waals surface area contributed by atoms with E-state index < -0.39 is 6.09 Å². The second-order valence-corrected chi connectivity index (χ2v) is 5.73. The average Bonchev–Trinajstić information content (AvgIpc) is 2.59. The summed E-state index contributed by atoms with van der Waals surface area (Å²) in [4.78, 5) is 10.5. The molecule has 5 heteroatoms. The molecule has 5 nitrogen and oxygen atoms in total. The van der Waals surface area contributed by atoms with Crippen LogP contribution < -0.4 is 11.5 Å². The van der Waals surface area contributed by atoms with Gasteiger partial charge in [0, 0.05) is 17.9 Å². The Labute approximate surface area is 107 Å². The van der Waals surface area contributed by atoms with Crippen molar-refractivity contribution in [2.45, 2.75) is 39.3 Å². The van der Waals surface area contributed by atoms with Crippen LogP contribution in [0.5, 0.6) is 0 Å². The Balaban J connectivity index is 2.12. The highest BCUT2D eigenvalue weighted by Gasteiger charge is 2.32. The van der Waals surface area contributed by atoms with Crippen LogP contribution in [0.1, 0.15) is 37.6 Å². The molecule has 0 aliphatic heterocycles. The van der Waals surface area contributed by atoms with Crippen LogP contribution in [-0.2, 0) is 17.7 Å². The molecular weight excluding hydrogens is 230 g/mol. The van der Waals surface area contributed by atoms with Gasteiger partial charge in [-0.1, -0.05) is 13.8 Å². The summed E-state index contributed by atoms with van der Waals surface area (Å²) in [6.07, 6.45) is 3.28. The molecule has 1 aliphatic rings. The quantitative estimate of drug-likeness (QED) is 0.855. The van der Waals surface area contributed by atoms with E-state index in [1.54, 1.807) is 0 Å². The summed E-state index contributed by atoms with van der Waals surface area (Å²) >= 11 is 0. The maximum absolute atomic E-state index is 10.5. The summed E-state index contributed by atoms with van der Waals surface area (Å²) < 4.78 is 6.88. The molecule has 1 unspecified atom stereocenters. The van der Waals surface area contributed by atoms with Gasteiger partial charge in [-0.15, -0.1) is 0 Å². The second kappa shape index (κ2) is 4.65. The molecule has 2 rings (SSSR count). The monoisotopic (exact) mass is 251 g/mol. The molecule has 0 radical (unpaired) electrons. The van der Waals surface area contributed by atoms with E-state index in [1.807, 2.05) is 6.20 Å². The number of ether oxygens (including phenoxy) is 1. The number of carbonyl (C=O) groups is 1. The number of nitrogens with zero attached hydrogens (tertiary/aromatic N) is 1. The van der Waals surface area contributed by atoms with Crippen molar-refractivity contribution in [1.82, 2.24) is 4.57 Å². The molecule has 0 spiro atoms. The van der Waals surface area contributed by atoms with Gasteiger partial charge in [0.15, 0.2) is 0 Å². The standard InChI is InChI=1S/C13H21N3O2/c1-13(2)7-10(14)9-3-4-16(11(9)8-13)5-6-18-12(15)17/h3-4,10H,5-8,14H2,1-2H3,(H2,15,17). The number of primary amides is 1. The van der Waals surface area contributed by atoms with Gasteiger partial charge in [0.05, 0.1) is 6.54 Å². The molecule has 1 heterocycles. The summed E-state index contributed by atoms with van der Waals surface area (Å²) in [5.41, 5.74) is 13.8. The Hall–Kier alpha value is -1.49. The van der Waals surface area contributed by atoms with Gasteiger partial charge in [0.25, 0.3) is 0 Å². The highest BCUT2D eigenvalue weighted by atomic mass is 16.5.